The molecule has 2 amide bonds. The summed E-state index contributed by atoms with van der Waals surface area (Å²) < 4.78 is 27.7. The number of halogens is 1. The molecule has 170 valence electrons. The van der Waals surface area contributed by atoms with Gasteiger partial charge in [0, 0.05) is 11.8 Å². The van der Waals surface area contributed by atoms with Crippen molar-refractivity contribution >= 4 is 11.8 Å². The predicted molar refractivity (Wildman–Crippen MR) is 102 cm³/mol. The predicted octanol–water partition coefficient (Wildman–Crippen LogP) is -1.37. The monoisotopic (exact) mass is 441 g/mol. The molecular weight excluding hydrogens is 417 g/mol. The largest absolute Gasteiger partial charge is 0.394 e. The summed E-state index contributed by atoms with van der Waals surface area (Å²) in [6, 6.07) is 3.82. The van der Waals surface area contributed by atoms with Crippen LogP contribution >= 0.6 is 0 Å². The number of hydrogen-bond donors (Lipinski definition) is 5. The third kappa shape index (κ3) is 5.07. The highest BCUT2D eigenvalue weighted by Gasteiger charge is 2.48. The van der Waals surface area contributed by atoms with E-state index in [1.807, 2.05) is 0 Å². The second-order valence-corrected chi connectivity index (χ2v) is 7.02. The molecule has 31 heavy (non-hydrogen) atoms. The van der Waals surface area contributed by atoms with E-state index in [0.717, 1.165) is 36.4 Å². The number of urea groups is 1. The molecule has 5 atom stereocenters. The van der Waals surface area contributed by atoms with Gasteiger partial charge in [0.05, 0.1) is 19.8 Å². The molecule has 3 aliphatic heterocycles. The van der Waals surface area contributed by atoms with Crippen LogP contribution < -0.4 is 11.1 Å². The van der Waals surface area contributed by atoms with Crippen molar-refractivity contribution in [3.8, 4) is 0 Å². The van der Waals surface area contributed by atoms with E-state index in [2.05, 4.69) is 5.32 Å². The SMILES string of the molecule is C1COCO1.NC1(C(=O)c2ccc(F)cc2)C=CN([C@@H]2O[C@H](CO)[C@@H](O)[C@H]2O)C(=O)N1. The maximum absolute atomic E-state index is 13.0. The van der Waals surface area contributed by atoms with Crippen LogP contribution in [0.25, 0.3) is 0 Å². The van der Waals surface area contributed by atoms with E-state index >= 15 is 0 Å². The van der Waals surface area contributed by atoms with Crippen LogP contribution in [-0.2, 0) is 14.2 Å². The number of carbonyl (C=O) groups excluding carboxylic acids is 2. The Labute approximate surface area is 176 Å². The Balaban J connectivity index is 0.000000478. The zero-order valence-electron chi connectivity index (χ0n) is 16.4. The second-order valence-electron chi connectivity index (χ2n) is 7.02. The van der Waals surface area contributed by atoms with Crippen molar-refractivity contribution in [1.29, 1.82) is 0 Å². The molecule has 2 saturated heterocycles. The summed E-state index contributed by atoms with van der Waals surface area (Å²) in [5.41, 5.74) is 4.18. The van der Waals surface area contributed by atoms with Gasteiger partial charge >= 0.3 is 6.03 Å². The molecule has 0 aromatic heterocycles. The number of nitrogens with one attached hydrogen (secondary N) is 1. The first-order chi connectivity index (χ1) is 14.8. The van der Waals surface area contributed by atoms with Crippen LogP contribution in [0.2, 0.25) is 0 Å². The number of aliphatic hydroxyl groups is 3. The number of aliphatic hydroxyl groups excluding tert-OH is 3. The Bertz CT molecular complexity index is 811. The van der Waals surface area contributed by atoms with E-state index in [0.29, 0.717) is 6.79 Å². The number of Topliss-reactive ketones (excluding diaryl/α,β-unsaturated/α-hetero) is 1. The average Bonchev–Trinajstić information content (AvgIpc) is 3.42. The first-order valence-corrected chi connectivity index (χ1v) is 9.44. The number of nitrogens with two attached hydrogens (primary N) is 1. The summed E-state index contributed by atoms with van der Waals surface area (Å²) in [5.74, 6) is -1.19. The minimum Gasteiger partial charge on any atom is -0.394 e. The first-order valence-electron chi connectivity index (χ1n) is 9.44. The minimum absolute atomic E-state index is 0.0974. The Morgan fingerprint density at radius 2 is 1.87 bits per heavy atom. The van der Waals surface area contributed by atoms with Crippen molar-refractivity contribution in [2.45, 2.75) is 30.2 Å². The summed E-state index contributed by atoms with van der Waals surface area (Å²) in [6.07, 6.45) is -2.81. The van der Waals surface area contributed by atoms with Crippen molar-refractivity contribution in [1.82, 2.24) is 10.2 Å². The zero-order valence-corrected chi connectivity index (χ0v) is 16.4. The lowest BCUT2D eigenvalue weighted by atomic mass is 9.97. The van der Waals surface area contributed by atoms with Gasteiger partial charge in [-0.2, -0.15) is 0 Å². The van der Waals surface area contributed by atoms with E-state index in [9.17, 15) is 24.2 Å². The number of nitrogens with zero attached hydrogens (tertiary/aromatic N) is 1. The molecule has 3 aliphatic rings. The van der Waals surface area contributed by atoms with Crippen LogP contribution in [0, 0.1) is 5.82 Å². The Morgan fingerprint density at radius 3 is 2.35 bits per heavy atom. The van der Waals surface area contributed by atoms with Crippen LogP contribution in [0.4, 0.5) is 9.18 Å². The number of carbonyl (C=O) groups is 2. The molecule has 0 spiro atoms. The molecule has 0 aliphatic carbocycles. The summed E-state index contributed by atoms with van der Waals surface area (Å²) in [7, 11) is 0. The highest BCUT2D eigenvalue weighted by atomic mass is 19.1. The molecule has 12 heteroatoms. The van der Waals surface area contributed by atoms with Crippen molar-refractivity contribution < 1.29 is 43.5 Å². The molecule has 3 heterocycles. The van der Waals surface area contributed by atoms with Gasteiger partial charge in [0.2, 0.25) is 5.78 Å². The summed E-state index contributed by atoms with van der Waals surface area (Å²) >= 11 is 0. The second kappa shape index (κ2) is 9.78. The fraction of sp³-hybridized carbons (Fsp3) is 0.474. The van der Waals surface area contributed by atoms with Gasteiger partial charge in [-0.05, 0) is 30.3 Å². The van der Waals surface area contributed by atoms with Crippen LogP contribution in [0.1, 0.15) is 10.4 Å². The van der Waals surface area contributed by atoms with Gasteiger partial charge < -0.3 is 34.8 Å². The lowest BCUT2D eigenvalue weighted by Crippen LogP contribution is -2.66. The van der Waals surface area contributed by atoms with Crippen molar-refractivity contribution in [3.05, 3.63) is 47.9 Å². The van der Waals surface area contributed by atoms with E-state index in [-0.39, 0.29) is 5.56 Å². The molecule has 6 N–H and O–H groups in total. The smallest absolute Gasteiger partial charge is 0.325 e. The van der Waals surface area contributed by atoms with Gasteiger partial charge in [-0.1, -0.05) is 0 Å². The molecule has 1 aromatic rings. The normalized spacial score (nSPS) is 32.4. The van der Waals surface area contributed by atoms with E-state index in [1.165, 1.54) is 18.2 Å². The topological polar surface area (TPSA) is 164 Å². The van der Waals surface area contributed by atoms with Gasteiger partial charge in [-0.15, -0.1) is 0 Å². The molecule has 2 fully saturated rings. The van der Waals surface area contributed by atoms with Gasteiger partial charge in [-0.25, -0.2) is 9.18 Å². The highest BCUT2D eigenvalue weighted by molar-refractivity contribution is 6.06. The molecule has 1 unspecified atom stereocenters. The summed E-state index contributed by atoms with van der Waals surface area (Å²) in [5, 5.41) is 31.2. The maximum atomic E-state index is 13.0. The fourth-order valence-electron chi connectivity index (χ4n) is 3.13. The van der Waals surface area contributed by atoms with Gasteiger partial charge in [0.25, 0.3) is 0 Å². The van der Waals surface area contributed by atoms with Crippen LogP contribution in [0.15, 0.2) is 36.5 Å². The lowest BCUT2D eigenvalue weighted by molar-refractivity contribution is -0.0666. The first kappa shape index (κ1) is 23.2. The molecule has 0 bridgehead atoms. The average molecular weight is 441 g/mol. The van der Waals surface area contributed by atoms with E-state index in [4.69, 9.17) is 25.1 Å². The molecule has 11 nitrogen and oxygen atoms in total. The van der Waals surface area contributed by atoms with Crippen LogP contribution in [0.5, 0.6) is 0 Å². The number of ketones is 1. The van der Waals surface area contributed by atoms with Crippen molar-refractivity contribution in [2.24, 2.45) is 5.73 Å². The molecular formula is C19H24FN3O8. The Kier molecular flexibility index (Phi) is 7.33. The molecule has 0 saturated carbocycles. The third-order valence-electron chi connectivity index (χ3n) is 4.86. The number of rotatable bonds is 4. The number of amides is 2. The van der Waals surface area contributed by atoms with E-state index in [1.54, 1.807) is 0 Å². The maximum Gasteiger partial charge on any atom is 0.325 e. The van der Waals surface area contributed by atoms with Crippen molar-refractivity contribution in [3.63, 3.8) is 0 Å². The summed E-state index contributed by atoms with van der Waals surface area (Å²) in [4.78, 5) is 25.8. The number of hydrogen-bond acceptors (Lipinski definition) is 9. The molecule has 0 radical (unpaired) electrons. The summed E-state index contributed by atoms with van der Waals surface area (Å²) in [6.45, 7) is 1.51. The molecule has 4 rings (SSSR count). The zero-order chi connectivity index (χ0) is 22.6. The number of benzene rings is 1. The van der Waals surface area contributed by atoms with Gasteiger partial charge in [0.15, 0.2) is 11.9 Å². The lowest BCUT2D eigenvalue weighted by Gasteiger charge is -2.36. The third-order valence-corrected chi connectivity index (χ3v) is 4.86. The minimum atomic E-state index is -1.87. The molecule has 1 aromatic carbocycles. The van der Waals surface area contributed by atoms with Crippen LogP contribution in [0.3, 0.4) is 0 Å². The Hall–Kier alpha value is -2.45. The quantitative estimate of drug-likeness (QED) is 0.355. The highest BCUT2D eigenvalue weighted by Crippen LogP contribution is 2.26. The van der Waals surface area contributed by atoms with Crippen molar-refractivity contribution in [2.75, 3.05) is 26.6 Å². The van der Waals surface area contributed by atoms with Gasteiger partial charge in [0.1, 0.15) is 30.9 Å². The van der Waals surface area contributed by atoms with Crippen LogP contribution in [-0.4, -0.2) is 88.9 Å². The fourth-order valence-corrected chi connectivity index (χ4v) is 3.13. The number of ether oxygens (including phenoxy) is 3. The van der Waals surface area contributed by atoms with E-state index < -0.39 is 54.4 Å². The standard InChI is InChI=1S/C16H18FN3O6.C3H6O2/c17-9-3-1-8(2-4-9)13(24)16(18)5-6-20(15(25)19-16)14-12(23)11(22)10(7-21)26-14;1-2-5-3-4-1/h1-6,10-12,14,21-23H,7,18H2,(H,19,25);1-3H2/t10-,11-,12-,14-,16?;/m1./s1. The Morgan fingerprint density at radius 1 is 1.23 bits per heavy atom. The van der Waals surface area contributed by atoms with Gasteiger partial charge in [-0.3, -0.25) is 15.4 Å².